The Bertz CT molecular complexity index is 2180. The highest BCUT2D eigenvalue weighted by Crippen LogP contribution is 2.59. The summed E-state index contributed by atoms with van der Waals surface area (Å²) >= 11 is 6.63. The summed E-state index contributed by atoms with van der Waals surface area (Å²) < 4.78 is 15.5. The molecule has 2 aliphatic rings. The Morgan fingerprint density at radius 1 is 0.488 bits per heavy atom. The molecule has 0 atom stereocenters. The van der Waals surface area contributed by atoms with E-state index >= 15 is 0 Å². The van der Waals surface area contributed by atoms with Crippen LogP contribution in [0.5, 0.6) is 23.0 Å². The van der Waals surface area contributed by atoms with Crippen molar-refractivity contribution in [2.24, 2.45) is 0 Å². The van der Waals surface area contributed by atoms with E-state index in [0.29, 0.717) is 0 Å². The van der Waals surface area contributed by atoms with Crippen molar-refractivity contribution in [2.45, 2.75) is 0 Å². The van der Waals surface area contributed by atoms with Gasteiger partial charge in [-0.25, -0.2) is 0 Å². The molecule has 0 radical (unpaired) electrons. The summed E-state index contributed by atoms with van der Waals surface area (Å²) in [4.78, 5) is 0. The minimum absolute atomic E-state index is 0.792. The average molecular weight is 564 g/mol. The van der Waals surface area contributed by atoms with E-state index in [1.54, 1.807) is 0 Å². The zero-order chi connectivity index (χ0) is 27.1. The molecular formula is C36H22NO2PS. The van der Waals surface area contributed by atoms with E-state index in [-0.39, 0.29) is 0 Å². The molecule has 0 fully saturated rings. The second-order valence-electron chi connectivity index (χ2n) is 10.5. The van der Waals surface area contributed by atoms with Crippen LogP contribution in [0.1, 0.15) is 0 Å². The molecule has 1 aromatic heterocycles. The Balaban J connectivity index is 1.28. The highest BCUT2D eigenvalue weighted by molar-refractivity contribution is 8.26. The number of hydrogen-bond acceptors (Lipinski definition) is 3. The monoisotopic (exact) mass is 563 g/mol. The van der Waals surface area contributed by atoms with Gasteiger partial charge in [-0.2, -0.15) is 0 Å². The molecule has 3 heterocycles. The third kappa shape index (κ3) is 3.18. The van der Waals surface area contributed by atoms with Crippen LogP contribution in [-0.2, 0) is 11.8 Å². The number of aromatic nitrogens is 1. The largest absolute Gasteiger partial charge is 0.456 e. The zero-order valence-corrected chi connectivity index (χ0v) is 23.5. The van der Waals surface area contributed by atoms with Crippen molar-refractivity contribution >= 4 is 55.6 Å². The predicted octanol–water partition coefficient (Wildman–Crippen LogP) is 8.42. The van der Waals surface area contributed by atoms with Crippen molar-refractivity contribution in [1.82, 2.24) is 4.57 Å². The molecular weight excluding hydrogens is 541 g/mol. The number of ether oxygens (including phenoxy) is 2. The second-order valence-corrected chi connectivity index (χ2v) is 14.8. The standard InChI is InChI=1S/C36H22NO2PS/c41-40-34-16-8-6-14-30(34)38-32-21-24(22-33(36(32)40)39-31-15-7-9-17-35(31)40)23-18-19-29-27(20-23)26-12-4-5-13-28(26)37(29)25-10-2-1-3-11-25/h1-22H. The highest BCUT2D eigenvalue weighted by Gasteiger charge is 2.42. The van der Waals surface area contributed by atoms with Crippen LogP contribution in [0.4, 0.5) is 0 Å². The van der Waals surface area contributed by atoms with Crippen molar-refractivity contribution in [3.63, 3.8) is 0 Å². The van der Waals surface area contributed by atoms with Gasteiger partial charge in [0.05, 0.1) is 22.4 Å². The van der Waals surface area contributed by atoms with Crippen molar-refractivity contribution in [2.75, 3.05) is 0 Å². The summed E-state index contributed by atoms with van der Waals surface area (Å²) in [5, 5.41) is 5.61. The van der Waals surface area contributed by atoms with Gasteiger partial charge in [0, 0.05) is 27.1 Å². The first-order chi connectivity index (χ1) is 20.2. The highest BCUT2D eigenvalue weighted by atomic mass is 32.4. The lowest BCUT2D eigenvalue weighted by Crippen LogP contribution is -2.34. The van der Waals surface area contributed by atoms with Crippen molar-refractivity contribution < 1.29 is 9.47 Å². The molecule has 7 aromatic rings. The fraction of sp³-hybridized carbons (Fsp3) is 0. The maximum atomic E-state index is 6.63. The van der Waals surface area contributed by atoms with Crippen LogP contribution in [-0.4, -0.2) is 4.57 Å². The van der Waals surface area contributed by atoms with Gasteiger partial charge in [0.15, 0.2) is 0 Å². The molecule has 41 heavy (non-hydrogen) atoms. The van der Waals surface area contributed by atoms with Gasteiger partial charge in [-0.1, -0.05) is 78.5 Å². The van der Waals surface area contributed by atoms with E-state index < -0.39 is 6.04 Å². The third-order valence-electron chi connectivity index (χ3n) is 8.22. The van der Waals surface area contributed by atoms with Crippen LogP contribution in [0.15, 0.2) is 133 Å². The molecule has 194 valence electrons. The predicted molar refractivity (Wildman–Crippen MR) is 172 cm³/mol. The molecule has 3 nitrogen and oxygen atoms in total. The van der Waals surface area contributed by atoms with E-state index in [9.17, 15) is 0 Å². The molecule has 9 rings (SSSR count). The molecule has 0 aliphatic carbocycles. The fourth-order valence-electron chi connectivity index (χ4n) is 6.44. The fourth-order valence-corrected chi connectivity index (χ4v) is 10.9. The lowest BCUT2D eigenvalue weighted by molar-refractivity contribution is 0.467. The van der Waals surface area contributed by atoms with Gasteiger partial charge in [0.2, 0.25) is 0 Å². The summed E-state index contributed by atoms with van der Waals surface area (Å²) in [7, 11) is 0. The SMILES string of the molecule is S=P12c3ccccc3Oc3cc(-c4ccc5c(c4)c4ccccc4n5-c4ccccc4)cc(c31)Oc1ccccc12. The van der Waals surface area contributed by atoms with Crippen LogP contribution in [0, 0.1) is 0 Å². The number of para-hydroxylation sites is 4. The minimum atomic E-state index is -2.35. The van der Waals surface area contributed by atoms with Crippen LogP contribution in [0.2, 0.25) is 0 Å². The van der Waals surface area contributed by atoms with Crippen LogP contribution < -0.4 is 25.4 Å². The van der Waals surface area contributed by atoms with E-state index in [2.05, 4.69) is 114 Å². The van der Waals surface area contributed by atoms with Crippen LogP contribution >= 0.6 is 6.04 Å². The molecule has 0 spiro atoms. The van der Waals surface area contributed by atoms with Gasteiger partial charge in [-0.15, -0.1) is 0 Å². The third-order valence-corrected chi connectivity index (χ3v) is 13.1. The van der Waals surface area contributed by atoms with E-state index in [0.717, 1.165) is 55.7 Å². The summed E-state index contributed by atoms with van der Waals surface area (Å²) in [6.45, 7) is 0. The topological polar surface area (TPSA) is 23.4 Å². The average Bonchev–Trinajstić information content (AvgIpc) is 3.35. The summed E-state index contributed by atoms with van der Waals surface area (Å²) in [5.74, 6) is 3.26. The van der Waals surface area contributed by atoms with Crippen molar-refractivity contribution in [3.8, 4) is 39.8 Å². The first-order valence-electron chi connectivity index (χ1n) is 13.6. The second kappa shape index (κ2) is 8.44. The smallest absolute Gasteiger partial charge is 0.140 e. The zero-order valence-electron chi connectivity index (χ0n) is 21.8. The van der Waals surface area contributed by atoms with Crippen molar-refractivity contribution in [1.29, 1.82) is 0 Å². The van der Waals surface area contributed by atoms with Crippen LogP contribution in [0.25, 0.3) is 38.6 Å². The maximum Gasteiger partial charge on any atom is 0.140 e. The Labute approximate surface area is 242 Å². The first-order valence-corrected chi connectivity index (χ1v) is 16.4. The normalized spacial score (nSPS) is 14.0. The Morgan fingerprint density at radius 2 is 1.07 bits per heavy atom. The van der Waals surface area contributed by atoms with Gasteiger partial charge in [0.25, 0.3) is 0 Å². The maximum absolute atomic E-state index is 6.63. The molecule has 0 saturated heterocycles. The molecule has 0 unspecified atom stereocenters. The Morgan fingerprint density at radius 3 is 1.78 bits per heavy atom. The van der Waals surface area contributed by atoms with Gasteiger partial charge in [0.1, 0.15) is 23.0 Å². The van der Waals surface area contributed by atoms with Gasteiger partial charge in [-0.3, -0.25) is 0 Å². The molecule has 0 N–H and O–H groups in total. The Hall–Kier alpha value is -4.63. The quantitative estimate of drug-likeness (QED) is 0.197. The number of nitrogens with zero attached hydrogens (tertiary/aromatic N) is 1. The van der Waals surface area contributed by atoms with E-state index in [1.165, 1.54) is 21.8 Å². The molecule has 0 amide bonds. The Kier molecular flexibility index (Phi) is 4.76. The molecule has 2 aliphatic heterocycles. The van der Waals surface area contributed by atoms with Crippen molar-refractivity contribution in [3.05, 3.63) is 133 Å². The van der Waals surface area contributed by atoms with E-state index in [1.807, 2.05) is 24.3 Å². The van der Waals surface area contributed by atoms with Crippen LogP contribution in [0.3, 0.4) is 0 Å². The number of benzene rings is 6. The lowest BCUT2D eigenvalue weighted by atomic mass is 10.0. The van der Waals surface area contributed by atoms with E-state index in [4.69, 9.17) is 21.3 Å². The molecule has 6 aromatic carbocycles. The van der Waals surface area contributed by atoms with Gasteiger partial charge in [-0.05, 0) is 77.9 Å². The number of hydrogen-bond donors (Lipinski definition) is 0. The molecule has 5 heteroatoms. The lowest BCUT2D eigenvalue weighted by Gasteiger charge is -2.37. The first kappa shape index (κ1) is 23.1. The number of fused-ring (bicyclic) bond motifs is 7. The number of rotatable bonds is 2. The molecule has 0 bridgehead atoms. The minimum Gasteiger partial charge on any atom is -0.456 e. The summed E-state index contributed by atoms with van der Waals surface area (Å²) in [6, 6.07) is 44.2. The van der Waals surface area contributed by atoms with Gasteiger partial charge >= 0.3 is 0 Å². The summed E-state index contributed by atoms with van der Waals surface area (Å²) in [5.41, 5.74) is 5.65. The van der Waals surface area contributed by atoms with Gasteiger partial charge < -0.3 is 14.0 Å². The summed E-state index contributed by atoms with van der Waals surface area (Å²) in [6.07, 6.45) is 0. The molecule has 0 saturated carbocycles.